The van der Waals surface area contributed by atoms with Crippen molar-refractivity contribution in [1.82, 2.24) is 10.3 Å². The Morgan fingerprint density at radius 2 is 2.25 bits per heavy atom. The lowest BCUT2D eigenvalue weighted by Crippen LogP contribution is -2.28. The maximum atomic E-state index is 8.91. The quantitative estimate of drug-likeness (QED) is 0.817. The first-order valence-electron chi connectivity index (χ1n) is 5.47. The van der Waals surface area contributed by atoms with Crippen molar-refractivity contribution < 1.29 is 5.11 Å². The van der Waals surface area contributed by atoms with Gasteiger partial charge in [0, 0.05) is 24.2 Å². The number of nitrogens with one attached hydrogen (secondary N) is 1. The Bertz CT molecular complexity index is 470. The molecule has 0 spiro atoms. The zero-order chi connectivity index (χ0) is 11.4. The molecule has 0 fully saturated rings. The van der Waals surface area contributed by atoms with Crippen molar-refractivity contribution in [3.8, 4) is 0 Å². The second-order valence-corrected chi connectivity index (χ2v) is 3.99. The van der Waals surface area contributed by atoms with Crippen LogP contribution in [-0.2, 0) is 6.54 Å². The molecule has 1 aromatic carbocycles. The summed E-state index contributed by atoms with van der Waals surface area (Å²) in [6.45, 7) is 2.89. The maximum absolute atomic E-state index is 8.91. The van der Waals surface area contributed by atoms with E-state index in [1.807, 2.05) is 19.1 Å². The van der Waals surface area contributed by atoms with Crippen LogP contribution in [0, 0.1) is 0 Å². The summed E-state index contributed by atoms with van der Waals surface area (Å²) in [5.41, 5.74) is 2.22. The number of fused-ring (bicyclic) bond motifs is 1. The van der Waals surface area contributed by atoms with Crippen molar-refractivity contribution in [2.75, 3.05) is 6.61 Å². The summed E-state index contributed by atoms with van der Waals surface area (Å²) in [4.78, 5) is 4.27. The zero-order valence-electron chi connectivity index (χ0n) is 9.35. The van der Waals surface area contributed by atoms with Gasteiger partial charge in [-0.15, -0.1) is 0 Å². The molecule has 2 aromatic rings. The molecule has 1 heterocycles. The first kappa shape index (κ1) is 11.0. The molecular formula is C13H16N2O. The monoisotopic (exact) mass is 216 g/mol. The summed E-state index contributed by atoms with van der Waals surface area (Å²) in [7, 11) is 0. The Morgan fingerprint density at radius 3 is 3.06 bits per heavy atom. The summed E-state index contributed by atoms with van der Waals surface area (Å²) < 4.78 is 0. The SMILES string of the molecule is C[C@@H](CO)NCc1ccc2ncccc2c1. The van der Waals surface area contributed by atoms with Gasteiger partial charge in [0.25, 0.3) is 0 Å². The van der Waals surface area contributed by atoms with E-state index in [2.05, 4.69) is 28.5 Å². The van der Waals surface area contributed by atoms with E-state index in [0.717, 1.165) is 17.4 Å². The Labute approximate surface area is 95.1 Å². The molecule has 0 aliphatic carbocycles. The number of hydrogen-bond acceptors (Lipinski definition) is 3. The van der Waals surface area contributed by atoms with Crippen LogP contribution in [0.15, 0.2) is 36.5 Å². The van der Waals surface area contributed by atoms with Gasteiger partial charge in [-0.05, 0) is 30.7 Å². The fourth-order valence-corrected chi connectivity index (χ4v) is 1.59. The highest BCUT2D eigenvalue weighted by Crippen LogP contribution is 2.13. The van der Waals surface area contributed by atoms with Crippen molar-refractivity contribution >= 4 is 10.9 Å². The fraction of sp³-hybridized carbons (Fsp3) is 0.308. The van der Waals surface area contributed by atoms with Gasteiger partial charge >= 0.3 is 0 Å². The molecule has 84 valence electrons. The minimum Gasteiger partial charge on any atom is -0.395 e. The predicted molar refractivity (Wildman–Crippen MR) is 65.1 cm³/mol. The smallest absolute Gasteiger partial charge is 0.0702 e. The highest BCUT2D eigenvalue weighted by atomic mass is 16.3. The van der Waals surface area contributed by atoms with Crippen molar-refractivity contribution in [3.05, 3.63) is 42.1 Å². The third kappa shape index (κ3) is 2.56. The number of rotatable bonds is 4. The summed E-state index contributed by atoms with van der Waals surface area (Å²) in [6.07, 6.45) is 1.80. The molecule has 1 atom stereocenters. The second-order valence-electron chi connectivity index (χ2n) is 3.99. The zero-order valence-corrected chi connectivity index (χ0v) is 9.35. The number of nitrogens with zero attached hydrogens (tertiary/aromatic N) is 1. The lowest BCUT2D eigenvalue weighted by molar-refractivity contribution is 0.251. The first-order chi connectivity index (χ1) is 7.79. The second kappa shape index (κ2) is 5.05. The van der Waals surface area contributed by atoms with Crippen LogP contribution in [0.1, 0.15) is 12.5 Å². The molecule has 0 saturated carbocycles. The average Bonchev–Trinajstić information content (AvgIpc) is 2.35. The van der Waals surface area contributed by atoms with Crippen LogP contribution in [0.25, 0.3) is 10.9 Å². The molecule has 2 rings (SSSR count). The number of aliphatic hydroxyl groups excluding tert-OH is 1. The highest BCUT2D eigenvalue weighted by molar-refractivity contribution is 5.78. The van der Waals surface area contributed by atoms with Crippen LogP contribution in [-0.4, -0.2) is 22.7 Å². The largest absolute Gasteiger partial charge is 0.395 e. The molecule has 0 amide bonds. The van der Waals surface area contributed by atoms with Crippen molar-refractivity contribution in [3.63, 3.8) is 0 Å². The van der Waals surface area contributed by atoms with Crippen molar-refractivity contribution in [2.24, 2.45) is 0 Å². The van der Waals surface area contributed by atoms with Gasteiger partial charge in [0.1, 0.15) is 0 Å². The summed E-state index contributed by atoms with van der Waals surface area (Å²) >= 11 is 0. The molecule has 0 saturated heterocycles. The Kier molecular flexibility index (Phi) is 3.49. The molecule has 0 radical (unpaired) electrons. The van der Waals surface area contributed by atoms with E-state index in [0.29, 0.717) is 0 Å². The van der Waals surface area contributed by atoms with E-state index in [9.17, 15) is 0 Å². The van der Waals surface area contributed by atoms with Gasteiger partial charge in [-0.1, -0.05) is 12.1 Å². The topological polar surface area (TPSA) is 45.1 Å². The van der Waals surface area contributed by atoms with E-state index in [1.54, 1.807) is 6.20 Å². The van der Waals surface area contributed by atoms with Crippen LogP contribution in [0.5, 0.6) is 0 Å². The van der Waals surface area contributed by atoms with E-state index in [-0.39, 0.29) is 12.6 Å². The molecule has 0 unspecified atom stereocenters. The minimum absolute atomic E-state index is 0.129. The number of aromatic nitrogens is 1. The average molecular weight is 216 g/mol. The lowest BCUT2D eigenvalue weighted by Gasteiger charge is -2.10. The molecular weight excluding hydrogens is 200 g/mol. The molecule has 1 aromatic heterocycles. The number of hydrogen-bond donors (Lipinski definition) is 2. The van der Waals surface area contributed by atoms with Crippen LogP contribution in [0.2, 0.25) is 0 Å². The Balaban J connectivity index is 2.13. The number of aliphatic hydroxyl groups is 1. The van der Waals surface area contributed by atoms with Crippen LogP contribution < -0.4 is 5.32 Å². The molecule has 0 aliphatic heterocycles. The summed E-state index contributed by atoms with van der Waals surface area (Å²) in [5.74, 6) is 0. The van der Waals surface area contributed by atoms with Crippen molar-refractivity contribution in [1.29, 1.82) is 0 Å². The van der Waals surface area contributed by atoms with Gasteiger partial charge in [0.05, 0.1) is 12.1 Å². The normalized spacial score (nSPS) is 12.9. The predicted octanol–water partition coefficient (Wildman–Crippen LogP) is 1.71. The van der Waals surface area contributed by atoms with Gasteiger partial charge in [-0.2, -0.15) is 0 Å². The van der Waals surface area contributed by atoms with Gasteiger partial charge < -0.3 is 10.4 Å². The molecule has 0 bridgehead atoms. The van der Waals surface area contributed by atoms with Crippen LogP contribution >= 0.6 is 0 Å². The highest BCUT2D eigenvalue weighted by Gasteiger charge is 2.00. The first-order valence-corrected chi connectivity index (χ1v) is 5.47. The lowest BCUT2D eigenvalue weighted by atomic mass is 10.1. The molecule has 2 N–H and O–H groups in total. The number of benzene rings is 1. The fourth-order valence-electron chi connectivity index (χ4n) is 1.59. The minimum atomic E-state index is 0.129. The summed E-state index contributed by atoms with van der Waals surface area (Å²) in [6, 6.07) is 10.3. The third-order valence-corrected chi connectivity index (χ3v) is 2.60. The van der Waals surface area contributed by atoms with Gasteiger partial charge in [-0.3, -0.25) is 4.98 Å². The van der Waals surface area contributed by atoms with Gasteiger partial charge in [-0.25, -0.2) is 0 Å². The van der Waals surface area contributed by atoms with Crippen LogP contribution in [0.4, 0.5) is 0 Å². The van der Waals surface area contributed by atoms with E-state index in [1.165, 1.54) is 5.56 Å². The van der Waals surface area contributed by atoms with E-state index in [4.69, 9.17) is 5.11 Å². The molecule has 3 nitrogen and oxygen atoms in total. The van der Waals surface area contributed by atoms with E-state index >= 15 is 0 Å². The van der Waals surface area contributed by atoms with Gasteiger partial charge in [0.15, 0.2) is 0 Å². The van der Waals surface area contributed by atoms with E-state index < -0.39 is 0 Å². The summed E-state index contributed by atoms with van der Waals surface area (Å²) in [5, 5.41) is 13.3. The van der Waals surface area contributed by atoms with Gasteiger partial charge in [0.2, 0.25) is 0 Å². The molecule has 0 aliphatic rings. The standard InChI is InChI=1S/C13H16N2O/c1-10(9-16)15-8-11-4-5-13-12(7-11)3-2-6-14-13/h2-7,10,15-16H,8-9H2,1H3/t10-/m0/s1. The Hall–Kier alpha value is -1.45. The molecule has 3 heteroatoms. The maximum Gasteiger partial charge on any atom is 0.0702 e. The van der Waals surface area contributed by atoms with Crippen molar-refractivity contribution in [2.45, 2.75) is 19.5 Å². The third-order valence-electron chi connectivity index (χ3n) is 2.60. The Morgan fingerprint density at radius 1 is 1.38 bits per heavy atom. The number of pyridine rings is 1. The molecule has 16 heavy (non-hydrogen) atoms. The van der Waals surface area contributed by atoms with Crippen LogP contribution in [0.3, 0.4) is 0 Å².